The van der Waals surface area contributed by atoms with Crippen LogP contribution in [-0.2, 0) is 64.2 Å². The third-order valence-corrected chi connectivity index (χ3v) is 13.3. The van der Waals surface area contributed by atoms with Crippen molar-refractivity contribution in [3.05, 3.63) is 94.4 Å². The summed E-state index contributed by atoms with van der Waals surface area (Å²) in [5.74, 6) is -9.77. The fourth-order valence-corrected chi connectivity index (χ4v) is 9.12. The Bertz CT molecular complexity index is 3700. The standard InChI is InChI=1S/C56H62N12O17/c1-7-36-47(84-29(4)60-36)52(78)64-55-62-38-22-32(49(57)75)24-40(81-6)45(38)66(55)16-9-10-17-67-46-39(63-56(67)65-53(79)48-37(8-2)61-30(5)85-48)23-33(50(58)76)25-41(46)82-18-11-19-83-54(80)28(3)20-34(69)26-59-51(77)31(12-15-44(73)74)21-35(70)27-68-42(71)13-14-43(68)72/h9-10,13-14,22-25,28,31H,7-8,11-12,15-21,26-27H2,1-6H3,(H2,57,75)(H2,58,76)(H,59,77)(H,73,74)(H,62,64,78)(H,63,65,79)/b10-9+/t28-,31-/m0/s1. The lowest BCUT2D eigenvalue weighted by Crippen LogP contribution is -2.39. The molecule has 0 fully saturated rings. The SMILES string of the molecule is CCc1nc(C)oc1C(=O)Nc1nc2cc(C(N)=O)cc(OC)c2n1C/C=C/Cn1c(NC(=O)c2oc(C)nc2CC)nc2cc(C(N)=O)cc(OCCCOC(=O)[C@@H](C)CC(=O)CNC(=O)[C@@H](CCC(=O)O)CC(=O)CN3C(=O)C=CC3=O)c21. The summed E-state index contributed by atoms with van der Waals surface area (Å²) in [5.41, 5.74) is 13.4. The van der Waals surface area contributed by atoms with Gasteiger partial charge in [-0.3, -0.25) is 68.3 Å². The van der Waals surface area contributed by atoms with Crippen molar-refractivity contribution in [3.63, 3.8) is 0 Å². The van der Waals surface area contributed by atoms with Crippen LogP contribution in [-0.4, -0.2) is 137 Å². The molecule has 4 aromatic heterocycles. The number of allylic oxidation sites excluding steroid dienone is 2. The van der Waals surface area contributed by atoms with Gasteiger partial charge in [-0.2, -0.15) is 0 Å². The molecular formula is C56H62N12O17. The number of ether oxygens (including phenoxy) is 3. The van der Waals surface area contributed by atoms with E-state index in [2.05, 4.69) is 35.9 Å². The first-order chi connectivity index (χ1) is 40.5. The highest BCUT2D eigenvalue weighted by Crippen LogP contribution is 2.34. The van der Waals surface area contributed by atoms with Crippen molar-refractivity contribution in [1.82, 2.24) is 39.3 Å². The molecule has 1 aliphatic heterocycles. The number of hydrogen-bond donors (Lipinski definition) is 6. The number of primary amides is 2. The van der Waals surface area contributed by atoms with Crippen LogP contribution in [0, 0.1) is 25.7 Å². The molecule has 5 heterocycles. The molecule has 0 saturated carbocycles. The lowest BCUT2D eigenvalue weighted by atomic mass is 9.95. The third-order valence-electron chi connectivity index (χ3n) is 13.3. The first kappa shape index (κ1) is 62.3. The Kier molecular flexibility index (Phi) is 20.2. The number of aliphatic carboxylic acids is 1. The third kappa shape index (κ3) is 15.2. The molecule has 2 aromatic carbocycles. The molecule has 0 unspecified atom stereocenters. The van der Waals surface area contributed by atoms with E-state index in [0.29, 0.717) is 34.6 Å². The molecule has 85 heavy (non-hydrogen) atoms. The van der Waals surface area contributed by atoms with Gasteiger partial charge < -0.3 is 54.1 Å². The Labute approximate surface area is 483 Å². The monoisotopic (exact) mass is 1170 g/mol. The Balaban J connectivity index is 1.06. The zero-order valence-electron chi connectivity index (χ0n) is 47.2. The summed E-state index contributed by atoms with van der Waals surface area (Å²) in [6, 6.07) is 5.69. The van der Waals surface area contributed by atoms with E-state index >= 15 is 0 Å². The van der Waals surface area contributed by atoms with Crippen LogP contribution in [0.4, 0.5) is 11.9 Å². The second kappa shape index (κ2) is 27.6. The summed E-state index contributed by atoms with van der Waals surface area (Å²) < 4.78 is 31.9. The fraction of sp³-hybridized carbons (Fsp3) is 0.375. The molecule has 2 atom stereocenters. The Morgan fingerprint density at radius 3 is 1.73 bits per heavy atom. The maximum Gasteiger partial charge on any atom is 0.309 e. The van der Waals surface area contributed by atoms with Crippen molar-refractivity contribution in [2.45, 2.75) is 92.7 Å². The molecule has 0 radical (unpaired) electrons. The number of imidazole rings is 2. The summed E-state index contributed by atoms with van der Waals surface area (Å²) >= 11 is 0. The van der Waals surface area contributed by atoms with Crippen molar-refractivity contribution < 1.29 is 80.9 Å². The van der Waals surface area contributed by atoms with E-state index < -0.39 is 103 Å². The number of carboxylic acid groups (broad SMARTS) is 1. The number of aromatic nitrogens is 6. The van der Waals surface area contributed by atoms with E-state index in [1.165, 1.54) is 38.3 Å². The summed E-state index contributed by atoms with van der Waals surface area (Å²) in [4.78, 5) is 158. The van der Waals surface area contributed by atoms with E-state index in [4.69, 9.17) is 34.5 Å². The smallest absolute Gasteiger partial charge is 0.309 e. The van der Waals surface area contributed by atoms with E-state index in [1.54, 1.807) is 42.1 Å². The molecule has 448 valence electrons. The number of esters is 1. The fourth-order valence-electron chi connectivity index (χ4n) is 9.12. The molecule has 29 heteroatoms. The van der Waals surface area contributed by atoms with Gasteiger partial charge in [0.2, 0.25) is 41.1 Å². The summed E-state index contributed by atoms with van der Waals surface area (Å²) in [6.45, 7) is 6.74. The van der Waals surface area contributed by atoms with Crippen LogP contribution in [0.5, 0.6) is 11.5 Å². The first-order valence-corrected chi connectivity index (χ1v) is 26.8. The second-order valence-corrected chi connectivity index (χ2v) is 19.5. The number of oxazole rings is 2. The van der Waals surface area contributed by atoms with Gasteiger partial charge in [0, 0.05) is 81.8 Å². The van der Waals surface area contributed by atoms with Crippen LogP contribution >= 0.6 is 0 Å². The van der Waals surface area contributed by atoms with Gasteiger partial charge in [-0.1, -0.05) is 32.9 Å². The highest BCUT2D eigenvalue weighted by molar-refractivity contribution is 6.14. The van der Waals surface area contributed by atoms with Gasteiger partial charge in [0.25, 0.3) is 23.6 Å². The number of carbonyl (C=O) groups is 11. The number of aryl methyl sites for hydroxylation is 4. The molecule has 7 amide bonds. The van der Waals surface area contributed by atoms with Crippen molar-refractivity contribution in [2.75, 3.05) is 44.0 Å². The van der Waals surface area contributed by atoms with Crippen LogP contribution in [0.3, 0.4) is 0 Å². The van der Waals surface area contributed by atoms with Crippen molar-refractivity contribution in [3.8, 4) is 11.5 Å². The molecular weight excluding hydrogens is 1110 g/mol. The number of nitrogens with one attached hydrogen (secondary N) is 3. The van der Waals surface area contributed by atoms with Crippen LogP contribution in [0.2, 0.25) is 0 Å². The van der Waals surface area contributed by atoms with Gasteiger partial charge in [-0.25, -0.2) is 19.9 Å². The number of methoxy groups -OCH3 is 1. The number of benzene rings is 2. The first-order valence-electron chi connectivity index (χ1n) is 26.8. The number of carbonyl (C=O) groups excluding carboxylic acids is 10. The van der Waals surface area contributed by atoms with Gasteiger partial charge >= 0.3 is 11.9 Å². The zero-order valence-corrected chi connectivity index (χ0v) is 47.2. The zero-order chi connectivity index (χ0) is 61.8. The topological polar surface area (TPSA) is 415 Å². The van der Waals surface area contributed by atoms with E-state index in [1.807, 2.05) is 6.92 Å². The summed E-state index contributed by atoms with van der Waals surface area (Å²) in [6.07, 6.45) is 4.62. The average Bonchev–Trinajstić information content (AvgIpc) is 1.87. The number of amides is 7. The average molecular weight is 1180 g/mol. The van der Waals surface area contributed by atoms with Crippen molar-refractivity contribution in [2.24, 2.45) is 23.3 Å². The largest absolute Gasteiger partial charge is 0.494 e. The van der Waals surface area contributed by atoms with E-state index in [-0.39, 0.29) is 120 Å². The second-order valence-electron chi connectivity index (χ2n) is 19.5. The van der Waals surface area contributed by atoms with Gasteiger partial charge in [0.1, 0.15) is 22.5 Å². The number of hydrogen-bond acceptors (Lipinski definition) is 20. The number of Topliss-reactive ketones (excluding diaryl/α,β-unsaturated/α-hetero) is 2. The van der Waals surface area contributed by atoms with Crippen LogP contribution in [0.15, 0.2) is 57.4 Å². The summed E-state index contributed by atoms with van der Waals surface area (Å²) in [5, 5.41) is 17.2. The Morgan fingerprint density at radius 2 is 1.24 bits per heavy atom. The maximum atomic E-state index is 13.9. The number of nitrogens with two attached hydrogens (primary N) is 2. The minimum absolute atomic E-state index is 0.00250. The number of anilines is 2. The predicted octanol–water partition coefficient (Wildman–Crippen LogP) is 3.46. The summed E-state index contributed by atoms with van der Waals surface area (Å²) in [7, 11) is 1.39. The Morgan fingerprint density at radius 1 is 0.718 bits per heavy atom. The van der Waals surface area contributed by atoms with Gasteiger partial charge in [0.05, 0.1) is 61.8 Å². The van der Waals surface area contributed by atoms with Gasteiger partial charge in [0.15, 0.2) is 23.3 Å². The minimum atomic E-state index is -1.24. The highest BCUT2D eigenvalue weighted by atomic mass is 16.5. The quantitative estimate of drug-likeness (QED) is 0.0157. The van der Waals surface area contributed by atoms with Crippen molar-refractivity contribution in [1.29, 1.82) is 0 Å². The number of imide groups is 1. The van der Waals surface area contributed by atoms with E-state index in [9.17, 15) is 57.8 Å². The van der Waals surface area contributed by atoms with Crippen LogP contribution in [0.25, 0.3) is 22.1 Å². The maximum absolute atomic E-state index is 13.9. The highest BCUT2D eigenvalue weighted by Gasteiger charge is 2.31. The lowest BCUT2D eigenvalue weighted by Gasteiger charge is -2.18. The lowest BCUT2D eigenvalue weighted by molar-refractivity contribution is -0.149. The molecule has 6 aromatic rings. The van der Waals surface area contributed by atoms with Crippen LogP contribution < -0.4 is 36.9 Å². The molecule has 0 aliphatic carbocycles. The predicted molar refractivity (Wildman–Crippen MR) is 298 cm³/mol. The number of fused-ring (bicyclic) bond motifs is 2. The number of ketones is 2. The minimum Gasteiger partial charge on any atom is -0.494 e. The van der Waals surface area contributed by atoms with Crippen LogP contribution in [0.1, 0.15) is 118 Å². The molecule has 29 nitrogen and oxygen atoms in total. The van der Waals surface area contributed by atoms with E-state index in [0.717, 1.165) is 12.2 Å². The Hall–Kier alpha value is -10.4. The normalized spacial score (nSPS) is 12.9. The van der Waals surface area contributed by atoms with Gasteiger partial charge in [-0.05, 0) is 43.5 Å². The molecule has 0 spiro atoms. The number of carboxylic acids is 1. The van der Waals surface area contributed by atoms with Crippen molar-refractivity contribution >= 4 is 98.8 Å². The molecule has 8 N–H and O–H groups in total. The molecule has 0 saturated heterocycles. The molecule has 0 bridgehead atoms. The number of nitrogens with zero attached hydrogens (tertiary/aromatic N) is 7. The number of rotatable bonds is 31. The molecule has 7 rings (SSSR count). The molecule has 1 aliphatic rings. The van der Waals surface area contributed by atoms with Gasteiger partial charge in [-0.15, -0.1) is 0 Å².